The van der Waals surface area contributed by atoms with E-state index in [1.165, 1.54) is 11.3 Å². The number of rotatable bonds is 6. The molecule has 0 unspecified atom stereocenters. The number of hydrogen-bond acceptors (Lipinski definition) is 6. The highest BCUT2D eigenvalue weighted by atomic mass is 35.5. The van der Waals surface area contributed by atoms with Crippen molar-refractivity contribution in [1.29, 1.82) is 0 Å². The molecule has 0 fully saturated rings. The van der Waals surface area contributed by atoms with Crippen LogP contribution in [-0.4, -0.2) is 37.4 Å². The zero-order chi connectivity index (χ0) is 27.2. The standard InChI is InChI=1S/C25H20ClF3N6O2S/c1-13-21(14(2)34(32-13)12-15-6-4-7-16(10-15)37-3)31-24(36)22-20(26)23-30-17(18-8-5-9-38-18)11-19(25(27,28)29)35(23)33-22/h4-11H,12H2,1-3H3,(H,31,36). The number of thiophene rings is 1. The van der Waals surface area contributed by atoms with E-state index in [4.69, 9.17) is 16.3 Å². The van der Waals surface area contributed by atoms with Gasteiger partial charge in [-0.2, -0.15) is 23.4 Å². The van der Waals surface area contributed by atoms with Crippen molar-refractivity contribution in [2.75, 3.05) is 12.4 Å². The van der Waals surface area contributed by atoms with E-state index in [2.05, 4.69) is 20.5 Å². The van der Waals surface area contributed by atoms with Crippen molar-refractivity contribution >= 4 is 40.2 Å². The van der Waals surface area contributed by atoms with Gasteiger partial charge in [0.2, 0.25) is 0 Å². The molecule has 0 spiro atoms. The van der Waals surface area contributed by atoms with Crippen LogP contribution in [0.2, 0.25) is 5.02 Å². The molecule has 38 heavy (non-hydrogen) atoms. The Morgan fingerprint density at radius 1 is 1.16 bits per heavy atom. The van der Waals surface area contributed by atoms with Crippen LogP contribution >= 0.6 is 22.9 Å². The molecule has 13 heteroatoms. The number of anilines is 1. The van der Waals surface area contributed by atoms with Gasteiger partial charge in [-0.3, -0.25) is 9.48 Å². The molecule has 4 heterocycles. The van der Waals surface area contributed by atoms with E-state index in [0.29, 0.717) is 38.8 Å². The number of aryl methyl sites for hydroxylation is 1. The monoisotopic (exact) mass is 560 g/mol. The third kappa shape index (κ3) is 4.72. The highest BCUT2D eigenvalue weighted by Crippen LogP contribution is 2.36. The van der Waals surface area contributed by atoms with Gasteiger partial charge in [-0.1, -0.05) is 29.8 Å². The van der Waals surface area contributed by atoms with Gasteiger partial charge in [0.1, 0.15) is 10.8 Å². The lowest BCUT2D eigenvalue weighted by Gasteiger charge is -2.10. The van der Waals surface area contributed by atoms with Gasteiger partial charge in [0.25, 0.3) is 5.91 Å². The number of fused-ring (bicyclic) bond motifs is 1. The Balaban J connectivity index is 1.50. The highest BCUT2D eigenvalue weighted by molar-refractivity contribution is 7.13. The number of alkyl halides is 3. The maximum Gasteiger partial charge on any atom is 0.433 e. The van der Waals surface area contributed by atoms with Gasteiger partial charge >= 0.3 is 6.18 Å². The molecular weight excluding hydrogens is 541 g/mol. The van der Waals surface area contributed by atoms with Crippen LogP contribution in [0.25, 0.3) is 16.2 Å². The van der Waals surface area contributed by atoms with E-state index < -0.39 is 17.8 Å². The molecule has 1 N–H and O–H groups in total. The maximum atomic E-state index is 13.9. The quantitative estimate of drug-likeness (QED) is 0.265. The second-order valence-electron chi connectivity index (χ2n) is 8.41. The Bertz CT molecular complexity index is 1660. The van der Waals surface area contributed by atoms with Crippen molar-refractivity contribution in [3.8, 4) is 16.3 Å². The Kier molecular flexibility index (Phi) is 6.61. The molecule has 0 aliphatic heterocycles. The average Bonchev–Trinajstić information content (AvgIpc) is 3.59. The van der Waals surface area contributed by atoms with Crippen LogP contribution in [0.5, 0.6) is 5.75 Å². The van der Waals surface area contributed by atoms with Crippen LogP contribution in [0, 0.1) is 13.8 Å². The molecule has 0 radical (unpaired) electrons. The third-order valence-corrected chi connectivity index (χ3v) is 7.14. The summed E-state index contributed by atoms with van der Waals surface area (Å²) in [6.07, 6.45) is -4.76. The second-order valence-corrected chi connectivity index (χ2v) is 9.73. The van der Waals surface area contributed by atoms with E-state index in [-0.39, 0.29) is 22.1 Å². The Labute approximate surface area is 223 Å². The smallest absolute Gasteiger partial charge is 0.433 e. The predicted molar refractivity (Wildman–Crippen MR) is 138 cm³/mol. The molecule has 0 bridgehead atoms. The van der Waals surface area contributed by atoms with E-state index in [1.807, 2.05) is 24.3 Å². The van der Waals surface area contributed by atoms with Crippen molar-refractivity contribution in [2.45, 2.75) is 26.6 Å². The molecule has 1 amide bonds. The van der Waals surface area contributed by atoms with Crippen LogP contribution < -0.4 is 10.1 Å². The largest absolute Gasteiger partial charge is 0.497 e. The van der Waals surface area contributed by atoms with Crippen molar-refractivity contribution in [2.24, 2.45) is 0 Å². The summed E-state index contributed by atoms with van der Waals surface area (Å²) >= 11 is 7.63. The minimum Gasteiger partial charge on any atom is -0.497 e. The number of ether oxygens (including phenoxy) is 1. The normalized spacial score (nSPS) is 11.8. The minimum atomic E-state index is -4.76. The van der Waals surface area contributed by atoms with E-state index in [0.717, 1.165) is 11.6 Å². The van der Waals surface area contributed by atoms with Crippen molar-refractivity contribution < 1.29 is 22.7 Å². The number of nitrogens with zero attached hydrogens (tertiary/aromatic N) is 5. The summed E-state index contributed by atoms with van der Waals surface area (Å²) in [7, 11) is 1.58. The molecule has 4 aromatic heterocycles. The Morgan fingerprint density at radius 2 is 1.95 bits per heavy atom. The second kappa shape index (κ2) is 9.76. The lowest BCUT2D eigenvalue weighted by molar-refractivity contribution is -0.142. The fourth-order valence-electron chi connectivity index (χ4n) is 4.04. The van der Waals surface area contributed by atoms with Gasteiger partial charge in [-0.05, 0) is 49.1 Å². The third-order valence-electron chi connectivity index (χ3n) is 5.90. The predicted octanol–water partition coefficient (Wildman–Crippen LogP) is 6.25. The number of nitrogens with one attached hydrogen (secondary N) is 1. The molecule has 1 aromatic carbocycles. The van der Waals surface area contributed by atoms with Crippen LogP contribution in [0.1, 0.15) is 33.1 Å². The summed E-state index contributed by atoms with van der Waals surface area (Å²) < 4.78 is 49.3. The first kappa shape index (κ1) is 25.7. The Morgan fingerprint density at radius 3 is 2.63 bits per heavy atom. The number of benzene rings is 1. The first-order chi connectivity index (χ1) is 18.1. The van der Waals surface area contributed by atoms with E-state index >= 15 is 0 Å². The number of hydrogen-bond donors (Lipinski definition) is 1. The number of halogens is 4. The van der Waals surface area contributed by atoms with Gasteiger partial charge < -0.3 is 10.1 Å². The van der Waals surface area contributed by atoms with Gasteiger partial charge in [-0.15, -0.1) is 11.3 Å². The fraction of sp³-hybridized carbons (Fsp3) is 0.200. The Hall–Kier alpha value is -3.90. The fourth-order valence-corrected chi connectivity index (χ4v) is 4.97. The lowest BCUT2D eigenvalue weighted by atomic mass is 10.2. The van der Waals surface area contributed by atoms with Crippen LogP contribution in [0.3, 0.4) is 0 Å². The topological polar surface area (TPSA) is 86.3 Å². The number of carbonyl (C=O) groups is 1. The number of methoxy groups -OCH3 is 1. The summed E-state index contributed by atoms with van der Waals surface area (Å²) in [5.41, 5.74) is 0.854. The van der Waals surface area contributed by atoms with E-state index in [1.54, 1.807) is 43.2 Å². The van der Waals surface area contributed by atoms with Crippen molar-refractivity contribution in [3.63, 3.8) is 0 Å². The van der Waals surface area contributed by atoms with Gasteiger partial charge in [0, 0.05) is 0 Å². The summed E-state index contributed by atoms with van der Waals surface area (Å²) in [5.74, 6) is -0.0773. The molecule has 8 nitrogen and oxygen atoms in total. The molecule has 0 saturated heterocycles. The zero-order valence-electron chi connectivity index (χ0n) is 20.3. The average molecular weight is 561 g/mol. The first-order valence-electron chi connectivity index (χ1n) is 11.3. The summed E-state index contributed by atoms with van der Waals surface area (Å²) in [6.45, 7) is 3.91. The molecule has 5 rings (SSSR count). The van der Waals surface area contributed by atoms with Gasteiger partial charge in [-0.25, -0.2) is 9.50 Å². The number of amides is 1. The molecule has 0 aliphatic carbocycles. The molecule has 5 aromatic rings. The molecule has 0 aliphatic rings. The lowest BCUT2D eigenvalue weighted by Crippen LogP contribution is -2.16. The molecule has 196 valence electrons. The molecule has 0 saturated carbocycles. The molecular formula is C25H20ClF3N6O2S. The van der Waals surface area contributed by atoms with Crippen molar-refractivity contribution in [1.82, 2.24) is 24.4 Å². The zero-order valence-corrected chi connectivity index (χ0v) is 21.9. The first-order valence-corrected chi connectivity index (χ1v) is 12.5. The van der Waals surface area contributed by atoms with Crippen LogP contribution in [-0.2, 0) is 12.7 Å². The van der Waals surface area contributed by atoms with Gasteiger partial charge in [0.05, 0.1) is 41.3 Å². The highest BCUT2D eigenvalue weighted by Gasteiger charge is 2.37. The summed E-state index contributed by atoms with van der Waals surface area (Å²) in [5, 5.41) is 12.6. The summed E-state index contributed by atoms with van der Waals surface area (Å²) in [4.78, 5) is 18.0. The number of aromatic nitrogens is 5. The molecule has 0 atom stereocenters. The van der Waals surface area contributed by atoms with Crippen LogP contribution in [0.4, 0.5) is 18.9 Å². The minimum absolute atomic E-state index is 0.0825. The maximum absolute atomic E-state index is 13.9. The van der Waals surface area contributed by atoms with E-state index in [9.17, 15) is 18.0 Å². The van der Waals surface area contributed by atoms with Crippen molar-refractivity contribution in [3.05, 3.63) is 81.2 Å². The van der Waals surface area contributed by atoms with Gasteiger partial charge in [0.15, 0.2) is 17.0 Å². The summed E-state index contributed by atoms with van der Waals surface area (Å²) in [6, 6.07) is 11.7. The number of carbonyl (C=O) groups excluding carboxylic acids is 1. The van der Waals surface area contributed by atoms with Crippen LogP contribution in [0.15, 0.2) is 47.8 Å². The SMILES string of the molecule is COc1cccc(Cn2nc(C)c(NC(=O)c3nn4c(C(F)(F)F)cc(-c5cccs5)nc4c3Cl)c2C)c1.